The molecule has 0 aliphatic heterocycles. The molecule has 1 aliphatic rings. The molecular formula is C13H15N3O3S. The predicted octanol–water partition coefficient (Wildman–Crippen LogP) is 2.77. The maximum Gasteiger partial charge on any atom is 0.303 e. The van der Waals surface area contributed by atoms with Crippen molar-refractivity contribution >= 4 is 17.3 Å². The molecule has 2 aromatic heterocycles. The number of aliphatic carboxylic acids is 1. The summed E-state index contributed by atoms with van der Waals surface area (Å²) in [7, 11) is 0. The van der Waals surface area contributed by atoms with Crippen LogP contribution in [-0.4, -0.2) is 26.3 Å². The molecule has 1 saturated carbocycles. The molecule has 0 atom stereocenters. The number of hydrogen-bond donors (Lipinski definition) is 1. The Kier molecular flexibility index (Phi) is 3.52. The summed E-state index contributed by atoms with van der Waals surface area (Å²) in [6.07, 6.45) is 6.38. The Hall–Kier alpha value is -1.76. The first-order valence-electron chi connectivity index (χ1n) is 6.60. The van der Waals surface area contributed by atoms with Crippen molar-refractivity contribution in [1.82, 2.24) is 15.2 Å². The summed E-state index contributed by atoms with van der Waals surface area (Å²) in [5.41, 5.74) is 1.49. The van der Waals surface area contributed by atoms with Gasteiger partial charge in [0.15, 0.2) is 0 Å². The van der Waals surface area contributed by atoms with Crippen LogP contribution in [0.2, 0.25) is 0 Å². The van der Waals surface area contributed by atoms with Gasteiger partial charge in [0.1, 0.15) is 4.88 Å². The van der Waals surface area contributed by atoms with Gasteiger partial charge in [-0.15, -0.1) is 21.5 Å². The summed E-state index contributed by atoms with van der Waals surface area (Å²) in [4.78, 5) is 15.9. The van der Waals surface area contributed by atoms with Gasteiger partial charge < -0.3 is 9.52 Å². The highest BCUT2D eigenvalue weighted by molar-refractivity contribution is 7.13. The molecule has 0 spiro atoms. The fourth-order valence-corrected chi connectivity index (χ4v) is 3.47. The van der Waals surface area contributed by atoms with Gasteiger partial charge in [-0.05, 0) is 18.3 Å². The largest absolute Gasteiger partial charge is 0.481 e. The van der Waals surface area contributed by atoms with Gasteiger partial charge in [0.25, 0.3) is 5.89 Å². The first kappa shape index (κ1) is 13.2. The van der Waals surface area contributed by atoms with E-state index >= 15 is 0 Å². The molecule has 106 valence electrons. The quantitative estimate of drug-likeness (QED) is 0.911. The molecule has 2 aromatic rings. The molecule has 1 aliphatic carbocycles. The molecule has 1 fully saturated rings. The normalized spacial score (nSPS) is 17.4. The monoisotopic (exact) mass is 293 g/mol. The maximum absolute atomic E-state index is 11.1. The van der Waals surface area contributed by atoms with Crippen LogP contribution in [0.4, 0.5) is 0 Å². The van der Waals surface area contributed by atoms with E-state index in [-0.39, 0.29) is 11.8 Å². The second-order valence-corrected chi connectivity index (χ2v) is 6.21. The summed E-state index contributed by atoms with van der Waals surface area (Å²) in [5.74, 6) is 0.233. The third kappa shape index (κ3) is 2.72. The van der Waals surface area contributed by atoms with Crippen LogP contribution < -0.4 is 0 Å². The zero-order valence-corrected chi connectivity index (χ0v) is 11.7. The van der Waals surface area contributed by atoms with Crippen molar-refractivity contribution in [2.24, 2.45) is 5.41 Å². The fraction of sp³-hybridized carbons (Fsp3) is 0.538. The molecule has 7 heteroatoms. The Balaban J connectivity index is 1.77. The fourth-order valence-electron chi connectivity index (χ4n) is 2.93. The number of aromatic nitrogens is 3. The first-order chi connectivity index (χ1) is 9.67. The number of hydrogen-bond acceptors (Lipinski definition) is 6. The van der Waals surface area contributed by atoms with Gasteiger partial charge in [-0.3, -0.25) is 9.78 Å². The van der Waals surface area contributed by atoms with E-state index in [1.54, 1.807) is 11.7 Å². The predicted molar refractivity (Wildman–Crippen MR) is 72.3 cm³/mol. The highest BCUT2D eigenvalue weighted by Crippen LogP contribution is 2.43. The number of carboxylic acid groups (broad SMARTS) is 1. The van der Waals surface area contributed by atoms with Crippen molar-refractivity contribution in [3.05, 3.63) is 17.6 Å². The highest BCUT2D eigenvalue weighted by Gasteiger charge is 2.37. The number of carbonyl (C=O) groups is 1. The Bertz CT molecular complexity index is 588. The molecule has 2 heterocycles. The maximum atomic E-state index is 11.1. The van der Waals surface area contributed by atoms with Gasteiger partial charge in [0, 0.05) is 6.42 Å². The summed E-state index contributed by atoms with van der Waals surface area (Å²) < 4.78 is 5.65. The third-order valence-corrected chi connectivity index (χ3v) is 4.59. The minimum atomic E-state index is -0.755. The SMILES string of the molecule is O=C(O)CC1(Cc2nnc(-c3cncs3)o2)CCCC1. The van der Waals surface area contributed by atoms with Crippen molar-refractivity contribution in [2.75, 3.05) is 0 Å². The van der Waals surface area contributed by atoms with Gasteiger partial charge in [-0.2, -0.15) is 0 Å². The van der Waals surface area contributed by atoms with Crippen LogP contribution >= 0.6 is 11.3 Å². The van der Waals surface area contributed by atoms with Crippen LogP contribution in [0.1, 0.15) is 38.0 Å². The van der Waals surface area contributed by atoms with Crippen molar-refractivity contribution < 1.29 is 14.3 Å². The second kappa shape index (κ2) is 5.32. The lowest BCUT2D eigenvalue weighted by molar-refractivity contribution is -0.139. The summed E-state index contributed by atoms with van der Waals surface area (Å²) in [5, 5.41) is 17.2. The topological polar surface area (TPSA) is 89.1 Å². The van der Waals surface area contributed by atoms with Gasteiger partial charge in [0.2, 0.25) is 5.89 Å². The summed E-state index contributed by atoms with van der Waals surface area (Å²) in [6.45, 7) is 0. The highest BCUT2D eigenvalue weighted by atomic mass is 32.1. The van der Waals surface area contributed by atoms with Gasteiger partial charge in [0.05, 0.1) is 18.1 Å². The average Bonchev–Trinajstić information content (AvgIpc) is 3.08. The Morgan fingerprint density at radius 3 is 2.85 bits per heavy atom. The zero-order chi connectivity index (χ0) is 14.0. The molecule has 0 radical (unpaired) electrons. The van der Waals surface area contributed by atoms with E-state index in [1.807, 2.05) is 0 Å². The standard InChI is InChI=1S/C13H15N3O3S/c17-11(18)6-13(3-1-2-4-13)5-10-15-16-12(19-10)9-7-14-8-20-9/h7-8H,1-6H2,(H,17,18). The number of carboxylic acids is 1. The van der Waals surface area contributed by atoms with Crippen molar-refractivity contribution in [1.29, 1.82) is 0 Å². The Morgan fingerprint density at radius 2 is 2.20 bits per heavy atom. The minimum absolute atomic E-state index is 0.172. The van der Waals surface area contributed by atoms with Gasteiger partial charge >= 0.3 is 5.97 Å². The molecule has 3 rings (SSSR count). The first-order valence-corrected chi connectivity index (χ1v) is 7.48. The van der Waals surface area contributed by atoms with Crippen molar-refractivity contribution in [2.45, 2.75) is 38.5 Å². The van der Waals surface area contributed by atoms with Crippen LogP contribution in [0, 0.1) is 5.41 Å². The number of nitrogens with zero attached hydrogens (tertiary/aromatic N) is 3. The lowest BCUT2D eigenvalue weighted by Crippen LogP contribution is -2.23. The van der Waals surface area contributed by atoms with Crippen molar-refractivity contribution in [3.63, 3.8) is 0 Å². The van der Waals surface area contributed by atoms with E-state index < -0.39 is 5.97 Å². The van der Waals surface area contributed by atoms with Gasteiger partial charge in [-0.25, -0.2) is 0 Å². The number of thiazole rings is 1. The van der Waals surface area contributed by atoms with E-state index in [9.17, 15) is 4.79 Å². The van der Waals surface area contributed by atoms with Crippen LogP contribution in [0.25, 0.3) is 10.8 Å². The summed E-state index contributed by atoms with van der Waals surface area (Å²) in [6, 6.07) is 0. The molecule has 0 aromatic carbocycles. The van der Waals surface area contributed by atoms with E-state index in [1.165, 1.54) is 11.3 Å². The molecular weight excluding hydrogens is 278 g/mol. The van der Waals surface area contributed by atoms with E-state index in [0.29, 0.717) is 18.2 Å². The molecule has 20 heavy (non-hydrogen) atoms. The van der Waals surface area contributed by atoms with E-state index in [2.05, 4.69) is 15.2 Å². The van der Waals surface area contributed by atoms with Crippen LogP contribution in [0.15, 0.2) is 16.1 Å². The molecule has 0 unspecified atom stereocenters. The van der Waals surface area contributed by atoms with E-state index in [0.717, 1.165) is 30.6 Å². The molecule has 0 bridgehead atoms. The zero-order valence-electron chi connectivity index (χ0n) is 10.9. The lowest BCUT2D eigenvalue weighted by atomic mass is 9.79. The average molecular weight is 293 g/mol. The summed E-state index contributed by atoms with van der Waals surface area (Å²) >= 11 is 1.44. The Morgan fingerprint density at radius 1 is 1.40 bits per heavy atom. The van der Waals surface area contributed by atoms with Crippen LogP contribution in [0.5, 0.6) is 0 Å². The minimum Gasteiger partial charge on any atom is -0.481 e. The van der Waals surface area contributed by atoms with E-state index in [4.69, 9.17) is 9.52 Å². The molecule has 1 N–H and O–H groups in total. The van der Waals surface area contributed by atoms with Gasteiger partial charge in [-0.1, -0.05) is 12.8 Å². The van der Waals surface area contributed by atoms with Crippen molar-refractivity contribution in [3.8, 4) is 10.8 Å². The number of rotatable bonds is 5. The molecule has 0 amide bonds. The molecule has 6 nitrogen and oxygen atoms in total. The third-order valence-electron chi connectivity index (χ3n) is 3.83. The molecule has 0 saturated heterocycles. The van der Waals surface area contributed by atoms with Crippen LogP contribution in [0.3, 0.4) is 0 Å². The Labute approximate surface area is 119 Å². The second-order valence-electron chi connectivity index (χ2n) is 5.32. The lowest BCUT2D eigenvalue weighted by Gasteiger charge is -2.24. The smallest absolute Gasteiger partial charge is 0.303 e. The van der Waals surface area contributed by atoms with Crippen LogP contribution in [-0.2, 0) is 11.2 Å².